The molecule has 4 atom stereocenters. The zero-order valence-corrected chi connectivity index (χ0v) is 13.6. The lowest BCUT2D eigenvalue weighted by Crippen LogP contribution is -2.41. The van der Waals surface area contributed by atoms with Gasteiger partial charge in [-0.15, -0.1) is 0 Å². The molecular weight excluding hydrogens is 336 g/mol. The molecule has 0 heterocycles. The van der Waals surface area contributed by atoms with Gasteiger partial charge < -0.3 is 14.9 Å². The number of carboxylic acid groups (broad SMARTS) is 1. The first-order valence-electron chi connectivity index (χ1n) is 7.27. The van der Waals surface area contributed by atoms with Crippen molar-refractivity contribution >= 4 is 21.9 Å². The Hall–Kier alpha value is -0.910. The van der Waals surface area contributed by atoms with E-state index >= 15 is 0 Å². The van der Waals surface area contributed by atoms with Crippen molar-refractivity contribution in [1.29, 1.82) is 0 Å². The largest absolute Gasteiger partial charge is 0.481 e. The van der Waals surface area contributed by atoms with Gasteiger partial charge in [0.05, 0.1) is 12.0 Å². The molecule has 1 aromatic rings. The van der Waals surface area contributed by atoms with E-state index in [2.05, 4.69) is 15.9 Å². The number of carbonyl (C=O) groups is 1. The summed E-state index contributed by atoms with van der Waals surface area (Å²) in [6.07, 6.45) is 1.30. The first-order valence-corrected chi connectivity index (χ1v) is 8.06. The van der Waals surface area contributed by atoms with Crippen molar-refractivity contribution in [1.82, 2.24) is 0 Å². The highest BCUT2D eigenvalue weighted by atomic mass is 79.9. The summed E-state index contributed by atoms with van der Waals surface area (Å²) >= 11 is 3.39. The predicted molar refractivity (Wildman–Crippen MR) is 83.2 cm³/mol. The first-order chi connectivity index (χ1) is 10.1. The van der Waals surface area contributed by atoms with Gasteiger partial charge in [-0.05, 0) is 49.3 Å². The molecule has 1 aliphatic rings. The zero-order valence-electron chi connectivity index (χ0n) is 12.0. The smallest absolute Gasteiger partial charge is 0.307 e. The lowest BCUT2D eigenvalue weighted by atomic mass is 9.68. The van der Waals surface area contributed by atoms with Crippen molar-refractivity contribution < 1.29 is 19.7 Å². The fourth-order valence-corrected chi connectivity index (χ4v) is 3.59. The van der Waals surface area contributed by atoms with Crippen LogP contribution in [0.2, 0.25) is 0 Å². The van der Waals surface area contributed by atoms with Gasteiger partial charge in [0.1, 0.15) is 0 Å². The molecule has 21 heavy (non-hydrogen) atoms. The van der Waals surface area contributed by atoms with Crippen LogP contribution >= 0.6 is 15.9 Å². The SMILES string of the molecule is CCO[C@H]1CC(c2ccc(Br)cc2)C(C(=O)O)[C@@H](CO)C1. The van der Waals surface area contributed by atoms with E-state index in [0.29, 0.717) is 19.4 Å². The van der Waals surface area contributed by atoms with E-state index in [1.165, 1.54) is 0 Å². The van der Waals surface area contributed by atoms with Crippen LogP contribution in [0, 0.1) is 11.8 Å². The molecule has 1 fully saturated rings. The second-order valence-corrected chi connectivity index (χ2v) is 6.43. The van der Waals surface area contributed by atoms with Crippen molar-refractivity contribution in [3.8, 4) is 0 Å². The van der Waals surface area contributed by atoms with Gasteiger partial charge in [0, 0.05) is 17.7 Å². The maximum Gasteiger partial charge on any atom is 0.307 e. The molecule has 2 N–H and O–H groups in total. The Labute approximate surface area is 133 Å². The molecule has 2 rings (SSSR count). The number of halogens is 1. The van der Waals surface area contributed by atoms with E-state index in [4.69, 9.17) is 4.74 Å². The van der Waals surface area contributed by atoms with E-state index in [0.717, 1.165) is 10.0 Å². The molecule has 0 saturated heterocycles. The van der Waals surface area contributed by atoms with E-state index < -0.39 is 11.9 Å². The second kappa shape index (κ2) is 7.38. The van der Waals surface area contributed by atoms with Crippen LogP contribution in [0.3, 0.4) is 0 Å². The number of hydrogen-bond acceptors (Lipinski definition) is 3. The molecule has 116 valence electrons. The van der Waals surface area contributed by atoms with Gasteiger partial charge in [0.25, 0.3) is 0 Å². The van der Waals surface area contributed by atoms with Crippen molar-refractivity contribution in [2.24, 2.45) is 11.8 Å². The van der Waals surface area contributed by atoms with Crippen molar-refractivity contribution in [3.05, 3.63) is 34.3 Å². The molecule has 2 unspecified atom stereocenters. The molecule has 1 aliphatic carbocycles. The fourth-order valence-electron chi connectivity index (χ4n) is 3.33. The van der Waals surface area contributed by atoms with Crippen molar-refractivity contribution in [2.75, 3.05) is 13.2 Å². The summed E-state index contributed by atoms with van der Waals surface area (Å²) in [5.74, 6) is -1.79. The van der Waals surface area contributed by atoms with E-state index in [1.807, 2.05) is 31.2 Å². The lowest BCUT2D eigenvalue weighted by molar-refractivity contribution is -0.149. The Morgan fingerprint density at radius 3 is 2.52 bits per heavy atom. The van der Waals surface area contributed by atoms with E-state index in [-0.39, 0.29) is 24.5 Å². The maximum atomic E-state index is 11.7. The summed E-state index contributed by atoms with van der Waals surface area (Å²) in [6, 6.07) is 7.75. The maximum absolute atomic E-state index is 11.7. The van der Waals surface area contributed by atoms with Crippen molar-refractivity contribution in [3.63, 3.8) is 0 Å². The number of rotatable bonds is 5. The first kappa shape index (κ1) is 16.5. The van der Waals surface area contributed by atoms with Crippen LogP contribution in [0.4, 0.5) is 0 Å². The van der Waals surface area contributed by atoms with Gasteiger partial charge in [-0.25, -0.2) is 0 Å². The van der Waals surface area contributed by atoms with Crippen molar-refractivity contribution in [2.45, 2.75) is 31.8 Å². The molecular formula is C16H21BrO4. The number of carboxylic acids is 1. The highest BCUT2D eigenvalue weighted by molar-refractivity contribution is 9.10. The summed E-state index contributed by atoms with van der Waals surface area (Å²) in [5, 5.41) is 19.2. The van der Waals surface area contributed by atoms with Crippen LogP contribution in [-0.2, 0) is 9.53 Å². The monoisotopic (exact) mass is 356 g/mol. The minimum absolute atomic E-state index is 0.0106. The van der Waals surface area contributed by atoms with Gasteiger partial charge >= 0.3 is 5.97 Å². The third-order valence-electron chi connectivity index (χ3n) is 4.24. The summed E-state index contributed by atoms with van der Waals surface area (Å²) in [4.78, 5) is 11.7. The second-order valence-electron chi connectivity index (χ2n) is 5.51. The minimum atomic E-state index is -0.836. The summed E-state index contributed by atoms with van der Waals surface area (Å²) < 4.78 is 6.67. The molecule has 0 bridgehead atoms. The molecule has 0 spiro atoms. The number of aliphatic carboxylic acids is 1. The number of aliphatic hydroxyl groups excluding tert-OH is 1. The lowest BCUT2D eigenvalue weighted by Gasteiger charge is -2.39. The third kappa shape index (κ3) is 3.84. The average molecular weight is 357 g/mol. The topological polar surface area (TPSA) is 66.8 Å². The van der Waals surface area contributed by atoms with Crippen LogP contribution in [0.25, 0.3) is 0 Å². The Bertz CT molecular complexity index is 474. The number of hydrogen-bond donors (Lipinski definition) is 2. The molecule has 1 aromatic carbocycles. The standard InChI is InChI=1S/C16H21BrO4/c1-2-21-13-7-11(9-18)15(16(19)20)14(8-13)10-3-5-12(17)6-4-10/h3-6,11,13-15,18H,2,7-9H2,1H3,(H,19,20)/t11-,13-,14?,15?/m1/s1. The van der Waals surface area contributed by atoms with Gasteiger partial charge in [0.15, 0.2) is 0 Å². The van der Waals surface area contributed by atoms with E-state index in [9.17, 15) is 15.0 Å². The van der Waals surface area contributed by atoms with Crippen LogP contribution in [0.1, 0.15) is 31.2 Å². The molecule has 0 aliphatic heterocycles. The summed E-state index contributed by atoms with van der Waals surface area (Å²) in [6.45, 7) is 2.42. The Balaban J connectivity index is 2.31. The van der Waals surface area contributed by atoms with Crippen LogP contribution in [0.5, 0.6) is 0 Å². The minimum Gasteiger partial charge on any atom is -0.481 e. The Morgan fingerprint density at radius 2 is 2.00 bits per heavy atom. The highest BCUT2D eigenvalue weighted by Crippen LogP contribution is 2.42. The quantitative estimate of drug-likeness (QED) is 0.850. The highest BCUT2D eigenvalue weighted by Gasteiger charge is 2.42. The van der Waals surface area contributed by atoms with Crippen LogP contribution in [-0.4, -0.2) is 35.5 Å². The van der Waals surface area contributed by atoms with Crippen LogP contribution in [0.15, 0.2) is 28.7 Å². The zero-order chi connectivity index (χ0) is 15.4. The fraction of sp³-hybridized carbons (Fsp3) is 0.562. The molecule has 1 saturated carbocycles. The molecule has 0 amide bonds. The molecule has 4 nitrogen and oxygen atoms in total. The third-order valence-corrected chi connectivity index (χ3v) is 4.77. The Kier molecular flexibility index (Phi) is 5.79. The van der Waals surface area contributed by atoms with Gasteiger partial charge in [-0.3, -0.25) is 4.79 Å². The van der Waals surface area contributed by atoms with Gasteiger partial charge in [-0.1, -0.05) is 28.1 Å². The predicted octanol–water partition coefficient (Wildman–Crippen LogP) is 3.04. The summed E-state index contributed by atoms with van der Waals surface area (Å²) in [5.41, 5.74) is 0.994. The number of benzene rings is 1. The number of ether oxygens (including phenoxy) is 1. The number of aliphatic hydroxyl groups is 1. The van der Waals surface area contributed by atoms with Gasteiger partial charge in [-0.2, -0.15) is 0 Å². The average Bonchev–Trinajstić information content (AvgIpc) is 2.47. The summed E-state index contributed by atoms with van der Waals surface area (Å²) in [7, 11) is 0. The van der Waals surface area contributed by atoms with Gasteiger partial charge in [0.2, 0.25) is 0 Å². The normalized spacial score (nSPS) is 29.3. The molecule has 5 heteroatoms. The molecule has 0 radical (unpaired) electrons. The van der Waals surface area contributed by atoms with Crippen LogP contribution < -0.4 is 0 Å². The molecule has 0 aromatic heterocycles. The Morgan fingerprint density at radius 1 is 1.33 bits per heavy atom. The van der Waals surface area contributed by atoms with E-state index in [1.54, 1.807) is 0 Å².